The zero-order valence-electron chi connectivity index (χ0n) is 17.8. The molecule has 1 aliphatic heterocycles. The molecule has 2 aliphatic rings. The van der Waals surface area contributed by atoms with Crippen molar-refractivity contribution in [2.45, 2.75) is 38.3 Å². The van der Waals surface area contributed by atoms with Gasteiger partial charge in [-0.3, -0.25) is 9.18 Å². The van der Waals surface area contributed by atoms with Crippen LogP contribution in [-0.2, 0) is 12.8 Å². The second-order valence-electron chi connectivity index (χ2n) is 8.69. The zero-order chi connectivity index (χ0) is 22.4. The maximum Gasteiger partial charge on any atom is 0.263 e. The highest BCUT2D eigenvalue weighted by atomic mass is 32.1. The molecule has 0 radical (unpaired) electrons. The summed E-state index contributed by atoms with van der Waals surface area (Å²) in [6, 6.07) is 3.60. The van der Waals surface area contributed by atoms with Crippen LogP contribution < -0.4 is 21.7 Å². The molecule has 0 aromatic carbocycles. The molecule has 1 saturated heterocycles. The lowest BCUT2D eigenvalue weighted by molar-refractivity contribution is 0.0938. The summed E-state index contributed by atoms with van der Waals surface area (Å²) in [5, 5.41) is 3.94. The third-order valence-corrected chi connectivity index (χ3v) is 7.50. The first-order valence-corrected chi connectivity index (χ1v) is 11.6. The number of hydrogen-bond donors (Lipinski definition) is 3. The number of fused-ring (bicyclic) bond motifs is 2. The van der Waals surface area contributed by atoms with Crippen LogP contribution in [0.3, 0.4) is 0 Å². The van der Waals surface area contributed by atoms with Crippen molar-refractivity contribution in [2.75, 3.05) is 30.4 Å². The monoisotopic (exact) mass is 455 g/mol. The fourth-order valence-electron chi connectivity index (χ4n) is 4.50. The van der Waals surface area contributed by atoms with E-state index in [1.165, 1.54) is 11.3 Å². The summed E-state index contributed by atoms with van der Waals surface area (Å²) in [5.74, 6) is 0.269. The quantitative estimate of drug-likeness (QED) is 0.550. The summed E-state index contributed by atoms with van der Waals surface area (Å²) >= 11 is 1.32. The number of aryl methyl sites for hydroxylation is 2. The van der Waals surface area contributed by atoms with Crippen molar-refractivity contribution in [3.63, 3.8) is 0 Å². The predicted molar refractivity (Wildman–Crippen MR) is 124 cm³/mol. The zero-order valence-corrected chi connectivity index (χ0v) is 18.7. The van der Waals surface area contributed by atoms with Crippen molar-refractivity contribution in [1.29, 1.82) is 0 Å². The summed E-state index contributed by atoms with van der Waals surface area (Å²) in [6.45, 7) is 2.60. The molecule has 3 aromatic heterocycles. The van der Waals surface area contributed by atoms with Crippen molar-refractivity contribution in [3.05, 3.63) is 40.2 Å². The summed E-state index contributed by atoms with van der Waals surface area (Å²) in [5.41, 5.74) is 15.6. The summed E-state index contributed by atoms with van der Waals surface area (Å²) in [7, 11) is 0. The van der Waals surface area contributed by atoms with Crippen molar-refractivity contribution >= 4 is 39.1 Å². The van der Waals surface area contributed by atoms with E-state index in [1.54, 1.807) is 0 Å². The second kappa shape index (κ2) is 8.25. The van der Waals surface area contributed by atoms with E-state index in [1.807, 2.05) is 30.2 Å². The predicted octanol–water partition coefficient (Wildman–Crippen LogP) is 2.00. The SMILES string of the molecule is Cc1ccc2c(N)c(C(=O)N[C@@H]3CCc4nc(N5C[C@H](CF)[C@H](N)C5)ncc4C3)sc2n1. The summed E-state index contributed by atoms with van der Waals surface area (Å²) in [6.07, 6.45) is 4.01. The molecule has 10 heteroatoms. The minimum absolute atomic E-state index is 0.0140. The van der Waals surface area contributed by atoms with E-state index in [0.29, 0.717) is 36.0 Å². The third kappa shape index (κ3) is 3.77. The molecular formula is C22H26FN7OS. The van der Waals surface area contributed by atoms with Gasteiger partial charge in [0, 0.05) is 54.1 Å². The fraction of sp³-hybridized carbons (Fsp3) is 0.455. The highest BCUT2D eigenvalue weighted by Gasteiger charge is 2.32. The number of carbonyl (C=O) groups is 1. The number of amides is 1. The molecule has 3 aromatic rings. The van der Waals surface area contributed by atoms with Gasteiger partial charge in [0.25, 0.3) is 5.91 Å². The smallest absolute Gasteiger partial charge is 0.263 e. The van der Waals surface area contributed by atoms with Gasteiger partial charge in [0.15, 0.2) is 0 Å². The van der Waals surface area contributed by atoms with Crippen LogP contribution in [0.2, 0.25) is 0 Å². The Labute approximate surface area is 189 Å². The molecule has 1 fully saturated rings. The van der Waals surface area contributed by atoms with E-state index >= 15 is 0 Å². The molecule has 0 unspecified atom stereocenters. The average Bonchev–Trinajstić information content (AvgIpc) is 3.32. The number of halogens is 1. The molecule has 8 nitrogen and oxygen atoms in total. The Kier molecular flexibility index (Phi) is 5.42. The number of nitrogen functional groups attached to an aromatic ring is 1. The van der Waals surface area contributed by atoms with Gasteiger partial charge in [-0.05, 0) is 43.9 Å². The molecule has 1 aliphatic carbocycles. The molecule has 0 spiro atoms. The van der Waals surface area contributed by atoms with E-state index < -0.39 is 6.67 Å². The Morgan fingerprint density at radius 1 is 1.34 bits per heavy atom. The first kappa shape index (κ1) is 21.0. The van der Waals surface area contributed by atoms with Gasteiger partial charge in [0.1, 0.15) is 9.71 Å². The first-order chi connectivity index (χ1) is 15.4. The molecule has 32 heavy (non-hydrogen) atoms. The van der Waals surface area contributed by atoms with E-state index in [0.717, 1.165) is 40.0 Å². The molecule has 4 heterocycles. The lowest BCUT2D eigenvalue weighted by atomic mass is 9.93. The van der Waals surface area contributed by atoms with Gasteiger partial charge in [-0.2, -0.15) is 0 Å². The van der Waals surface area contributed by atoms with Gasteiger partial charge >= 0.3 is 0 Å². The van der Waals surface area contributed by atoms with Crippen LogP contribution >= 0.6 is 11.3 Å². The number of anilines is 2. The van der Waals surface area contributed by atoms with Gasteiger partial charge in [0.05, 0.1) is 12.4 Å². The van der Waals surface area contributed by atoms with Crippen molar-refractivity contribution in [1.82, 2.24) is 20.3 Å². The number of hydrogen-bond acceptors (Lipinski definition) is 8. The standard InChI is InChI=1S/C22H26FN7OS/c1-11-2-4-15-18(25)19(32-21(15)27-11)20(31)28-14-3-5-17-12(6-14)8-26-22(29-17)30-9-13(7-23)16(24)10-30/h2,4,8,13-14,16H,3,5-7,9-10,24-25H2,1H3,(H,28,31)/t13-,14+,16+/m0/s1. The fourth-order valence-corrected chi connectivity index (χ4v) is 5.55. The Morgan fingerprint density at radius 3 is 2.97 bits per heavy atom. The van der Waals surface area contributed by atoms with Gasteiger partial charge in [0.2, 0.25) is 5.95 Å². The molecule has 5 N–H and O–H groups in total. The van der Waals surface area contributed by atoms with Gasteiger partial charge in [-0.15, -0.1) is 11.3 Å². The van der Waals surface area contributed by atoms with Crippen molar-refractivity contribution < 1.29 is 9.18 Å². The number of thiophene rings is 1. The lowest BCUT2D eigenvalue weighted by Crippen LogP contribution is -2.39. The van der Waals surface area contributed by atoms with E-state index in [9.17, 15) is 9.18 Å². The van der Waals surface area contributed by atoms with Crippen LogP contribution in [-0.4, -0.2) is 52.7 Å². The van der Waals surface area contributed by atoms with Crippen LogP contribution in [0.4, 0.5) is 16.0 Å². The number of rotatable bonds is 4. The maximum absolute atomic E-state index is 13.1. The van der Waals surface area contributed by atoms with Crippen molar-refractivity contribution in [2.24, 2.45) is 11.7 Å². The highest BCUT2D eigenvalue weighted by Crippen LogP contribution is 2.33. The number of nitrogens with one attached hydrogen (secondary N) is 1. The highest BCUT2D eigenvalue weighted by molar-refractivity contribution is 7.21. The molecule has 3 atom stereocenters. The lowest BCUT2D eigenvalue weighted by Gasteiger charge is -2.26. The normalized spacial score (nSPS) is 22.8. The minimum atomic E-state index is -0.427. The first-order valence-electron chi connectivity index (χ1n) is 10.8. The summed E-state index contributed by atoms with van der Waals surface area (Å²) < 4.78 is 13.1. The third-order valence-electron chi connectivity index (χ3n) is 6.38. The number of nitrogens with zero attached hydrogens (tertiary/aromatic N) is 4. The second-order valence-corrected chi connectivity index (χ2v) is 9.69. The van der Waals surface area contributed by atoms with E-state index in [2.05, 4.69) is 15.3 Å². The van der Waals surface area contributed by atoms with Gasteiger partial charge < -0.3 is 21.7 Å². The Morgan fingerprint density at radius 2 is 2.19 bits per heavy atom. The molecule has 1 amide bonds. The van der Waals surface area contributed by atoms with Gasteiger partial charge in [-0.1, -0.05) is 0 Å². The maximum atomic E-state index is 13.1. The average molecular weight is 456 g/mol. The molecule has 0 bridgehead atoms. The Balaban J connectivity index is 1.28. The molecule has 0 saturated carbocycles. The number of aromatic nitrogens is 3. The number of alkyl halides is 1. The van der Waals surface area contributed by atoms with Crippen LogP contribution in [0.25, 0.3) is 10.2 Å². The Bertz CT molecular complexity index is 1180. The molecular weight excluding hydrogens is 429 g/mol. The summed E-state index contributed by atoms with van der Waals surface area (Å²) in [4.78, 5) is 29.9. The molecule has 5 rings (SSSR count). The van der Waals surface area contributed by atoms with Crippen LogP contribution in [0.1, 0.15) is 33.0 Å². The number of nitrogens with two attached hydrogens (primary N) is 2. The van der Waals surface area contributed by atoms with Gasteiger partial charge in [-0.25, -0.2) is 15.0 Å². The van der Waals surface area contributed by atoms with E-state index in [4.69, 9.17) is 16.5 Å². The Hall–Kier alpha value is -2.85. The van der Waals surface area contributed by atoms with Crippen LogP contribution in [0, 0.1) is 12.8 Å². The largest absolute Gasteiger partial charge is 0.397 e. The number of pyridine rings is 1. The van der Waals surface area contributed by atoms with E-state index in [-0.39, 0.29) is 23.9 Å². The minimum Gasteiger partial charge on any atom is -0.397 e. The van der Waals surface area contributed by atoms with Crippen LogP contribution in [0.15, 0.2) is 18.3 Å². The topological polar surface area (TPSA) is 123 Å². The molecule has 168 valence electrons. The van der Waals surface area contributed by atoms with Crippen molar-refractivity contribution in [3.8, 4) is 0 Å². The van der Waals surface area contributed by atoms with Crippen LogP contribution in [0.5, 0.6) is 0 Å². The number of carbonyl (C=O) groups excluding carboxylic acids is 1.